The van der Waals surface area contributed by atoms with E-state index in [4.69, 9.17) is 0 Å². The number of hydrogen-bond acceptors (Lipinski definition) is 0. The zero-order valence-corrected chi connectivity index (χ0v) is 13.7. The lowest BCUT2D eigenvalue weighted by Gasteiger charge is -2.55. The Morgan fingerprint density at radius 1 is 0.952 bits per heavy atom. The van der Waals surface area contributed by atoms with Gasteiger partial charge in [-0.15, -0.1) is 0 Å². The molecule has 3 heteroatoms. The quantitative estimate of drug-likeness (QED) is 0.642. The third-order valence-electron chi connectivity index (χ3n) is 6.18. The van der Waals surface area contributed by atoms with Crippen LogP contribution in [0.3, 0.4) is 0 Å². The second-order valence-electron chi connectivity index (χ2n) is 7.43. The smallest absolute Gasteiger partial charge is 0.129 e. The maximum absolute atomic E-state index is 13.9. The van der Waals surface area contributed by atoms with Gasteiger partial charge in [-0.25, -0.2) is 8.78 Å². The molecule has 5 rings (SSSR count). The molecule has 0 aliphatic heterocycles. The van der Waals surface area contributed by atoms with Gasteiger partial charge >= 0.3 is 0 Å². The number of rotatable bonds is 3. The first-order valence-electron chi connectivity index (χ1n) is 8.18. The third-order valence-corrected chi connectivity index (χ3v) is 7.11. The lowest BCUT2D eigenvalue weighted by molar-refractivity contribution is -0.0361. The van der Waals surface area contributed by atoms with Crippen molar-refractivity contribution in [3.8, 4) is 0 Å². The van der Waals surface area contributed by atoms with E-state index in [2.05, 4.69) is 15.9 Å². The van der Waals surface area contributed by atoms with Crippen molar-refractivity contribution in [2.24, 2.45) is 29.6 Å². The summed E-state index contributed by atoms with van der Waals surface area (Å²) in [5.41, 5.74) is 0.258. The molecule has 0 radical (unpaired) electrons. The van der Waals surface area contributed by atoms with E-state index in [-0.39, 0.29) is 10.4 Å². The van der Waals surface area contributed by atoms with Crippen LogP contribution in [0.1, 0.15) is 37.7 Å². The van der Waals surface area contributed by atoms with E-state index in [0.29, 0.717) is 12.3 Å². The molecule has 21 heavy (non-hydrogen) atoms. The highest BCUT2D eigenvalue weighted by molar-refractivity contribution is 9.09. The van der Waals surface area contributed by atoms with E-state index in [0.717, 1.165) is 23.7 Å². The van der Waals surface area contributed by atoms with Gasteiger partial charge in [0.1, 0.15) is 11.6 Å². The Labute approximate surface area is 133 Å². The van der Waals surface area contributed by atoms with Crippen molar-refractivity contribution in [3.63, 3.8) is 0 Å². The number of hydrogen-bond donors (Lipinski definition) is 0. The van der Waals surface area contributed by atoms with Gasteiger partial charge < -0.3 is 0 Å². The molecule has 1 atom stereocenters. The Balaban J connectivity index is 1.54. The van der Waals surface area contributed by atoms with Crippen molar-refractivity contribution in [1.82, 2.24) is 0 Å². The van der Waals surface area contributed by atoms with E-state index in [9.17, 15) is 8.78 Å². The average molecular weight is 355 g/mol. The molecule has 114 valence electrons. The van der Waals surface area contributed by atoms with Gasteiger partial charge in [0, 0.05) is 10.4 Å². The van der Waals surface area contributed by atoms with Crippen molar-refractivity contribution in [3.05, 3.63) is 35.4 Å². The standard InChI is InChI=1S/C18H21BrF2/c19-15(9-14-16(20)2-1-3-17(14)21)18-12-5-10-4-11(7-12)8-13(18)6-10/h1-3,10-13,15,18H,4-9H2. The second-order valence-corrected chi connectivity index (χ2v) is 8.60. The lowest BCUT2D eigenvalue weighted by atomic mass is 9.51. The van der Waals surface area contributed by atoms with Gasteiger partial charge in [-0.1, -0.05) is 22.0 Å². The Kier molecular flexibility index (Phi) is 3.60. The highest BCUT2D eigenvalue weighted by Gasteiger charge is 2.50. The van der Waals surface area contributed by atoms with Crippen LogP contribution in [0.25, 0.3) is 0 Å². The van der Waals surface area contributed by atoms with Crippen LogP contribution in [0.15, 0.2) is 18.2 Å². The van der Waals surface area contributed by atoms with Gasteiger partial charge in [0.2, 0.25) is 0 Å². The van der Waals surface area contributed by atoms with Crippen molar-refractivity contribution >= 4 is 15.9 Å². The summed E-state index contributed by atoms with van der Waals surface area (Å²) in [7, 11) is 0. The average Bonchev–Trinajstić information content (AvgIpc) is 2.42. The summed E-state index contributed by atoms with van der Waals surface area (Å²) in [4.78, 5) is 0.207. The molecule has 1 unspecified atom stereocenters. The molecule has 0 amide bonds. The predicted molar refractivity (Wildman–Crippen MR) is 83.3 cm³/mol. The van der Waals surface area contributed by atoms with Gasteiger partial charge in [0.15, 0.2) is 0 Å². The van der Waals surface area contributed by atoms with Gasteiger partial charge in [-0.3, -0.25) is 0 Å². The summed E-state index contributed by atoms with van der Waals surface area (Å²) in [6, 6.07) is 4.18. The number of alkyl halides is 1. The molecule has 1 aromatic rings. The molecular formula is C18H21BrF2. The van der Waals surface area contributed by atoms with Crippen molar-refractivity contribution in [1.29, 1.82) is 0 Å². The van der Waals surface area contributed by atoms with E-state index in [1.807, 2.05) is 0 Å². The van der Waals surface area contributed by atoms with Crippen LogP contribution < -0.4 is 0 Å². The Hall–Kier alpha value is -0.440. The molecule has 4 saturated carbocycles. The zero-order chi connectivity index (χ0) is 14.6. The maximum Gasteiger partial charge on any atom is 0.129 e. The molecule has 4 aliphatic carbocycles. The molecule has 0 nitrogen and oxygen atoms in total. The van der Waals surface area contributed by atoms with Gasteiger partial charge in [-0.2, -0.15) is 0 Å². The predicted octanol–water partition coefficient (Wildman–Crippen LogP) is 5.34. The fourth-order valence-electron chi connectivity index (χ4n) is 5.62. The zero-order valence-electron chi connectivity index (χ0n) is 12.1. The summed E-state index contributed by atoms with van der Waals surface area (Å²) in [6.45, 7) is 0. The van der Waals surface area contributed by atoms with Crippen LogP contribution >= 0.6 is 15.9 Å². The van der Waals surface area contributed by atoms with Crippen LogP contribution in [0.5, 0.6) is 0 Å². The largest absolute Gasteiger partial charge is 0.207 e. The molecule has 0 spiro atoms. The first-order chi connectivity index (χ1) is 10.1. The highest BCUT2D eigenvalue weighted by atomic mass is 79.9. The van der Waals surface area contributed by atoms with Crippen LogP contribution in [-0.4, -0.2) is 4.83 Å². The second kappa shape index (κ2) is 5.33. The van der Waals surface area contributed by atoms with Crippen LogP contribution in [-0.2, 0) is 6.42 Å². The monoisotopic (exact) mass is 354 g/mol. The fraction of sp³-hybridized carbons (Fsp3) is 0.667. The summed E-state index contributed by atoms with van der Waals surface area (Å²) >= 11 is 3.80. The Morgan fingerprint density at radius 2 is 1.48 bits per heavy atom. The minimum Gasteiger partial charge on any atom is -0.207 e. The van der Waals surface area contributed by atoms with Crippen LogP contribution in [0, 0.1) is 41.2 Å². The van der Waals surface area contributed by atoms with E-state index >= 15 is 0 Å². The number of halogens is 3. The van der Waals surface area contributed by atoms with Crippen molar-refractivity contribution in [2.45, 2.75) is 43.4 Å². The number of benzene rings is 1. The van der Waals surface area contributed by atoms with Crippen LogP contribution in [0.2, 0.25) is 0 Å². The normalized spacial score (nSPS) is 38.7. The van der Waals surface area contributed by atoms with Gasteiger partial charge in [-0.05, 0) is 80.2 Å². The molecule has 0 saturated heterocycles. The van der Waals surface area contributed by atoms with Crippen LogP contribution in [0.4, 0.5) is 8.78 Å². The third kappa shape index (κ3) is 2.46. The molecular weight excluding hydrogens is 334 g/mol. The minimum absolute atomic E-state index is 0.207. The molecule has 4 bridgehead atoms. The topological polar surface area (TPSA) is 0 Å². The maximum atomic E-state index is 13.9. The van der Waals surface area contributed by atoms with Gasteiger partial charge in [0.05, 0.1) is 0 Å². The van der Waals surface area contributed by atoms with E-state index in [1.165, 1.54) is 50.3 Å². The molecule has 4 fully saturated rings. The highest BCUT2D eigenvalue weighted by Crippen LogP contribution is 2.58. The van der Waals surface area contributed by atoms with Crippen molar-refractivity contribution < 1.29 is 8.78 Å². The Morgan fingerprint density at radius 3 is 2.00 bits per heavy atom. The van der Waals surface area contributed by atoms with E-state index in [1.54, 1.807) is 0 Å². The Bertz CT molecular complexity index is 494. The van der Waals surface area contributed by atoms with Crippen molar-refractivity contribution in [2.75, 3.05) is 0 Å². The fourth-order valence-corrected chi connectivity index (χ4v) is 6.80. The van der Waals surface area contributed by atoms with E-state index < -0.39 is 11.6 Å². The summed E-state index contributed by atoms with van der Waals surface area (Å²) in [6.07, 6.45) is 7.30. The summed E-state index contributed by atoms with van der Waals surface area (Å²) < 4.78 is 27.8. The first-order valence-corrected chi connectivity index (χ1v) is 9.10. The molecule has 0 heterocycles. The SMILES string of the molecule is Fc1cccc(F)c1CC(Br)C1C2CC3CC(C2)CC1C3. The molecule has 4 aliphatic rings. The molecule has 0 aromatic heterocycles. The molecule has 0 N–H and O–H groups in total. The van der Waals surface area contributed by atoms with Gasteiger partial charge in [0.25, 0.3) is 0 Å². The lowest BCUT2D eigenvalue weighted by Crippen LogP contribution is -2.48. The molecule has 1 aromatic carbocycles. The minimum atomic E-state index is -0.400. The summed E-state index contributed by atoms with van der Waals surface area (Å²) in [5.74, 6) is 3.24. The summed E-state index contributed by atoms with van der Waals surface area (Å²) in [5, 5.41) is 0. The first kappa shape index (κ1) is 14.2.